The Labute approximate surface area is 250 Å². The lowest BCUT2D eigenvalue weighted by Gasteiger charge is -2.26. The highest BCUT2D eigenvalue weighted by atomic mass is 16.5. The third-order valence-corrected chi connectivity index (χ3v) is 8.79. The van der Waals surface area contributed by atoms with Crippen LogP contribution in [0.2, 0.25) is 0 Å². The number of carbonyl (C=O) groups excluding carboxylic acids is 1. The molecule has 2 aliphatic heterocycles. The number of fused-ring (bicyclic) bond motifs is 6. The van der Waals surface area contributed by atoms with E-state index >= 15 is 0 Å². The van der Waals surface area contributed by atoms with Crippen LogP contribution in [-0.2, 0) is 25.2 Å². The number of hydrogen-bond donors (Lipinski definition) is 1. The predicted octanol–water partition coefficient (Wildman–Crippen LogP) is 6.72. The second-order valence-electron chi connectivity index (χ2n) is 12.0. The van der Waals surface area contributed by atoms with Gasteiger partial charge in [-0.1, -0.05) is 68.4 Å². The van der Waals surface area contributed by atoms with Gasteiger partial charge in [-0.05, 0) is 59.2 Å². The molecule has 0 bridgehead atoms. The third-order valence-electron chi connectivity index (χ3n) is 8.79. The highest BCUT2D eigenvalue weighted by molar-refractivity contribution is 6.08. The molecule has 2 aliphatic rings. The number of rotatable bonds is 7. The summed E-state index contributed by atoms with van der Waals surface area (Å²) in [5.74, 6) is -0.962. The zero-order valence-electron chi connectivity index (χ0n) is 24.6. The summed E-state index contributed by atoms with van der Waals surface area (Å²) in [6, 6.07) is 26.6. The van der Waals surface area contributed by atoms with E-state index in [9.17, 15) is 20.0 Å². The Kier molecular flexibility index (Phi) is 6.66. The van der Waals surface area contributed by atoms with Gasteiger partial charge in [-0.15, -0.1) is 0 Å². The SMILES string of the molecule is CC1(C)C(/C=C(C#N)/C=C2\N(CC(=O)O)c3ccc4ccccc4c3C2(C)C)=[N+](COC=O)c2ccc3ccccc3c21. The molecule has 0 aliphatic carbocycles. The van der Waals surface area contributed by atoms with Crippen molar-refractivity contribution >= 4 is 51.1 Å². The van der Waals surface area contributed by atoms with Crippen LogP contribution in [0.1, 0.15) is 38.8 Å². The van der Waals surface area contributed by atoms with Crippen molar-refractivity contribution in [1.82, 2.24) is 0 Å². The Hall–Kier alpha value is -5.22. The van der Waals surface area contributed by atoms with Crippen LogP contribution in [-0.4, -0.2) is 41.1 Å². The molecule has 0 fully saturated rings. The van der Waals surface area contributed by atoms with Crippen molar-refractivity contribution in [2.45, 2.75) is 38.5 Å². The van der Waals surface area contributed by atoms with Crippen LogP contribution in [0.25, 0.3) is 21.5 Å². The van der Waals surface area contributed by atoms with E-state index in [0.717, 1.165) is 55.5 Å². The number of carboxylic acid groups (broad SMARTS) is 1. The predicted molar refractivity (Wildman–Crippen MR) is 168 cm³/mol. The molecule has 0 spiro atoms. The van der Waals surface area contributed by atoms with Crippen LogP contribution in [0.15, 0.2) is 96.2 Å². The molecular formula is C36H32N3O4+. The topological polar surface area (TPSA) is 93.6 Å². The minimum absolute atomic E-state index is 0.00650. The second kappa shape index (κ2) is 10.2. The first-order valence-corrected chi connectivity index (χ1v) is 14.2. The highest BCUT2D eigenvalue weighted by Gasteiger charge is 2.47. The lowest BCUT2D eigenvalue weighted by Crippen LogP contribution is -2.31. The molecule has 4 aromatic rings. The molecule has 1 N–H and O–H groups in total. The Morgan fingerprint density at radius 3 is 2.19 bits per heavy atom. The average molecular weight is 571 g/mol. The molecule has 6 rings (SSSR count). The molecule has 214 valence electrons. The van der Waals surface area contributed by atoms with E-state index in [1.807, 2.05) is 65.2 Å². The highest BCUT2D eigenvalue weighted by Crippen LogP contribution is 2.51. The van der Waals surface area contributed by atoms with Crippen LogP contribution in [0.5, 0.6) is 0 Å². The number of benzene rings is 4. The van der Waals surface area contributed by atoms with E-state index in [1.165, 1.54) is 0 Å². The van der Waals surface area contributed by atoms with Gasteiger partial charge >= 0.3 is 5.97 Å². The van der Waals surface area contributed by atoms with E-state index in [2.05, 4.69) is 52.0 Å². The summed E-state index contributed by atoms with van der Waals surface area (Å²) in [4.78, 5) is 25.2. The molecule has 0 saturated carbocycles. The normalized spacial score (nSPS) is 17.7. The monoisotopic (exact) mass is 570 g/mol. The number of aliphatic carboxylic acids is 1. The molecule has 4 aromatic carbocycles. The van der Waals surface area contributed by atoms with Crippen LogP contribution in [0.3, 0.4) is 0 Å². The average Bonchev–Trinajstić information content (AvgIpc) is 3.33. The fourth-order valence-electron chi connectivity index (χ4n) is 6.94. The first kappa shape index (κ1) is 27.9. The molecule has 0 atom stereocenters. The largest absolute Gasteiger partial charge is 0.480 e. The van der Waals surface area contributed by atoms with Crippen molar-refractivity contribution in [3.63, 3.8) is 0 Å². The summed E-state index contributed by atoms with van der Waals surface area (Å²) in [5, 5.41) is 24.7. The summed E-state index contributed by atoms with van der Waals surface area (Å²) < 4.78 is 7.19. The van der Waals surface area contributed by atoms with Crippen molar-refractivity contribution in [3.05, 3.63) is 107 Å². The zero-order valence-corrected chi connectivity index (χ0v) is 24.6. The molecule has 0 unspecified atom stereocenters. The van der Waals surface area contributed by atoms with E-state index < -0.39 is 16.8 Å². The number of carbonyl (C=O) groups is 2. The zero-order chi connectivity index (χ0) is 30.5. The van der Waals surface area contributed by atoms with Crippen molar-refractivity contribution in [2.24, 2.45) is 0 Å². The van der Waals surface area contributed by atoms with Crippen LogP contribution < -0.4 is 4.90 Å². The van der Waals surface area contributed by atoms with Gasteiger partial charge in [0.1, 0.15) is 6.54 Å². The molecule has 0 aromatic heterocycles. The molecule has 7 heteroatoms. The third kappa shape index (κ3) is 4.38. The number of carboxylic acids is 1. The van der Waals surface area contributed by atoms with Crippen molar-refractivity contribution < 1.29 is 24.0 Å². The first-order chi connectivity index (χ1) is 20.6. The van der Waals surface area contributed by atoms with Crippen LogP contribution in [0, 0.1) is 11.3 Å². The van der Waals surface area contributed by atoms with Gasteiger partial charge in [0.2, 0.25) is 5.69 Å². The van der Waals surface area contributed by atoms with Gasteiger partial charge in [0.15, 0.2) is 5.71 Å². The number of allylic oxidation sites excluding steroid dienone is 4. The number of nitrogens with zero attached hydrogens (tertiary/aromatic N) is 3. The minimum Gasteiger partial charge on any atom is -0.480 e. The first-order valence-electron chi connectivity index (χ1n) is 14.2. The summed E-state index contributed by atoms with van der Waals surface area (Å²) in [6.07, 6.45) is 3.65. The van der Waals surface area contributed by atoms with Crippen LogP contribution in [0.4, 0.5) is 11.4 Å². The maximum Gasteiger partial charge on any atom is 0.323 e. The Bertz CT molecular complexity index is 1970. The molecule has 0 radical (unpaired) electrons. The molecule has 7 nitrogen and oxygen atoms in total. The number of nitriles is 1. The lowest BCUT2D eigenvalue weighted by molar-refractivity contribution is -0.479. The maximum atomic E-state index is 12.1. The van der Waals surface area contributed by atoms with Gasteiger partial charge in [0.25, 0.3) is 13.2 Å². The molecule has 2 heterocycles. The Balaban J connectivity index is 1.55. The van der Waals surface area contributed by atoms with Gasteiger partial charge in [0, 0.05) is 34.5 Å². The van der Waals surface area contributed by atoms with Crippen LogP contribution >= 0.6 is 0 Å². The van der Waals surface area contributed by atoms with E-state index in [1.54, 1.807) is 11.0 Å². The number of hydrogen-bond acceptors (Lipinski definition) is 5. The van der Waals surface area contributed by atoms with Crippen molar-refractivity contribution in [3.8, 4) is 6.07 Å². The van der Waals surface area contributed by atoms with Gasteiger partial charge in [-0.2, -0.15) is 9.84 Å². The van der Waals surface area contributed by atoms with Crippen molar-refractivity contribution in [2.75, 3.05) is 18.2 Å². The quantitative estimate of drug-likeness (QED) is 0.151. The van der Waals surface area contributed by atoms with Gasteiger partial charge in [-0.25, -0.2) is 0 Å². The molecule has 0 amide bonds. The van der Waals surface area contributed by atoms with Gasteiger partial charge < -0.3 is 14.7 Å². The van der Waals surface area contributed by atoms with Gasteiger partial charge in [0.05, 0.1) is 17.1 Å². The summed E-state index contributed by atoms with van der Waals surface area (Å²) in [5.41, 5.74) is 4.63. The fraction of sp³-hybridized carbons (Fsp3) is 0.222. The van der Waals surface area contributed by atoms with Crippen molar-refractivity contribution in [1.29, 1.82) is 5.26 Å². The number of anilines is 1. The summed E-state index contributed by atoms with van der Waals surface area (Å²) >= 11 is 0. The minimum atomic E-state index is -0.962. The molecule has 0 saturated heterocycles. The lowest BCUT2D eigenvalue weighted by atomic mass is 9.78. The van der Waals surface area contributed by atoms with E-state index in [0.29, 0.717) is 12.0 Å². The van der Waals surface area contributed by atoms with Gasteiger partial charge in [-0.3, -0.25) is 9.59 Å². The Morgan fingerprint density at radius 1 is 0.930 bits per heavy atom. The second-order valence-corrected chi connectivity index (χ2v) is 12.0. The maximum absolute atomic E-state index is 12.1. The van der Waals surface area contributed by atoms with E-state index in [4.69, 9.17) is 4.74 Å². The summed E-state index contributed by atoms with van der Waals surface area (Å²) in [6.45, 7) is 8.52. The number of ether oxygens (including phenoxy) is 1. The standard InChI is InChI=1S/C36H31N3O4/c1-35(2)30(38(20-32(41)42)28-15-13-24-9-5-7-11-26(24)33(28)35)17-23(19-37)18-31-36(3,4)34-27-12-8-6-10-25(27)14-16-29(34)39(31)21-43-22-40/h5-18,22H,20-21H2,1-4H3/p+1. The smallest absolute Gasteiger partial charge is 0.323 e. The van der Waals surface area contributed by atoms with E-state index in [-0.39, 0.29) is 13.3 Å². The fourth-order valence-corrected chi connectivity index (χ4v) is 6.94. The molecule has 43 heavy (non-hydrogen) atoms. The summed E-state index contributed by atoms with van der Waals surface area (Å²) in [7, 11) is 0. The Morgan fingerprint density at radius 2 is 1.56 bits per heavy atom. The molecular weight excluding hydrogens is 538 g/mol.